The van der Waals surface area contributed by atoms with Crippen LogP contribution in [-0.2, 0) is 0 Å². The van der Waals surface area contributed by atoms with E-state index in [0.29, 0.717) is 6.04 Å². The summed E-state index contributed by atoms with van der Waals surface area (Å²) in [5, 5.41) is 13.5. The Balaban J connectivity index is 2.28. The van der Waals surface area contributed by atoms with Crippen LogP contribution < -0.4 is 5.32 Å². The van der Waals surface area contributed by atoms with E-state index in [2.05, 4.69) is 35.9 Å². The zero-order valence-electron chi connectivity index (χ0n) is 11.7. The van der Waals surface area contributed by atoms with Gasteiger partial charge in [0.25, 0.3) is 0 Å². The molecular weight excluding hydrogens is 214 g/mol. The SMILES string of the molecule is CCC(C)N(CC)CC(O)CN1CCNCC1. The van der Waals surface area contributed by atoms with Crippen LogP contribution in [0.3, 0.4) is 0 Å². The molecule has 0 radical (unpaired) electrons. The van der Waals surface area contributed by atoms with Gasteiger partial charge in [-0.25, -0.2) is 0 Å². The Bertz CT molecular complexity index is 195. The standard InChI is InChI=1S/C13H29N3O/c1-4-12(3)16(5-2)11-13(17)10-15-8-6-14-7-9-15/h12-14,17H,4-11H2,1-3H3. The fourth-order valence-corrected chi connectivity index (χ4v) is 2.40. The van der Waals surface area contributed by atoms with Crippen LogP contribution in [0.5, 0.6) is 0 Å². The van der Waals surface area contributed by atoms with Gasteiger partial charge < -0.3 is 10.4 Å². The summed E-state index contributed by atoms with van der Waals surface area (Å²) in [5.74, 6) is 0. The van der Waals surface area contributed by atoms with Gasteiger partial charge in [-0.15, -0.1) is 0 Å². The molecule has 102 valence electrons. The van der Waals surface area contributed by atoms with Gasteiger partial charge in [0.1, 0.15) is 0 Å². The van der Waals surface area contributed by atoms with Gasteiger partial charge in [0.05, 0.1) is 6.10 Å². The van der Waals surface area contributed by atoms with E-state index in [9.17, 15) is 5.11 Å². The van der Waals surface area contributed by atoms with Gasteiger partial charge in [-0.3, -0.25) is 9.80 Å². The smallest absolute Gasteiger partial charge is 0.0793 e. The summed E-state index contributed by atoms with van der Waals surface area (Å²) in [4.78, 5) is 4.72. The average Bonchev–Trinajstić information content (AvgIpc) is 2.36. The quantitative estimate of drug-likeness (QED) is 0.678. The minimum Gasteiger partial charge on any atom is -0.390 e. The van der Waals surface area contributed by atoms with Crippen molar-refractivity contribution in [1.29, 1.82) is 0 Å². The molecule has 0 aromatic rings. The molecule has 1 fully saturated rings. The lowest BCUT2D eigenvalue weighted by atomic mass is 10.2. The molecule has 2 atom stereocenters. The number of nitrogens with zero attached hydrogens (tertiary/aromatic N) is 2. The molecule has 0 bridgehead atoms. The minimum atomic E-state index is -0.220. The minimum absolute atomic E-state index is 0.220. The number of likely N-dealkylation sites (N-methyl/N-ethyl adjacent to an activating group) is 1. The molecule has 4 heteroatoms. The fraction of sp³-hybridized carbons (Fsp3) is 1.00. The second-order valence-electron chi connectivity index (χ2n) is 5.05. The van der Waals surface area contributed by atoms with Crippen molar-refractivity contribution in [3.63, 3.8) is 0 Å². The largest absolute Gasteiger partial charge is 0.390 e. The monoisotopic (exact) mass is 243 g/mol. The second-order valence-corrected chi connectivity index (χ2v) is 5.05. The van der Waals surface area contributed by atoms with Crippen LogP contribution in [0.15, 0.2) is 0 Å². The zero-order chi connectivity index (χ0) is 12.7. The highest BCUT2D eigenvalue weighted by Crippen LogP contribution is 2.05. The highest BCUT2D eigenvalue weighted by molar-refractivity contribution is 4.75. The first-order chi connectivity index (χ1) is 8.17. The van der Waals surface area contributed by atoms with E-state index in [1.807, 2.05) is 0 Å². The van der Waals surface area contributed by atoms with Crippen LogP contribution >= 0.6 is 0 Å². The van der Waals surface area contributed by atoms with Crippen molar-refractivity contribution in [2.75, 3.05) is 45.8 Å². The molecule has 2 N–H and O–H groups in total. The molecule has 0 spiro atoms. The number of β-amino-alcohol motifs (C(OH)–C–C–N with tert-alkyl or cyclic N) is 1. The lowest BCUT2D eigenvalue weighted by Crippen LogP contribution is -2.49. The van der Waals surface area contributed by atoms with Gasteiger partial charge in [0.15, 0.2) is 0 Å². The highest BCUT2D eigenvalue weighted by atomic mass is 16.3. The molecular formula is C13H29N3O. The van der Waals surface area contributed by atoms with Crippen LogP contribution in [0.2, 0.25) is 0 Å². The van der Waals surface area contributed by atoms with Crippen molar-refractivity contribution in [3.8, 4) is 0 Å². The van der Waals surface area contributed by atoms with Crippen molar-refractivity contribution in [2.45, 2.75) is 39.3 Å². The van der Waals surface area contributed by atoms with Crippen molar-refractivity contribution in [2.24, 2.45) is 0 Å². The van der Waals surface area contributed by atoms with Gasteiger partial charge in [-0.1, -0.05) is 13.8 Å². The predicted octanol–water partition coefficient (Wildman–Crippen LogP) is 0.373. The summed E-state index contributed by atoms with van der Waals surface area (Å²) >= 11 is 0. The third-order valence-electron chi connectivity index (χ3n) is 3.74. The maximum absolute atomic E-state index is 10.1. The number of aliphatic hydroxyl groups is 1. The third-order valence-corrected chi connectivity index (χ3v) is 3.74. The molecule has 1 aliphatic rings. The zero-order valence-corrected chi connectivity index (χ0v) is 11.7. The van der Waals surface area contributed by atoms with Crippen LogP contribution in [0.1, 0.15) is 27.2 Å². The summed E-state index contributed by atoms with van der Waals surface area (Å²) in [6.45, 7) is 13.5. The molecule has 4 nitrogen and oxygen atoms in total. The molecule has 1 aliphatic heterocycles. The van der Waals surface area contributed by atoms with Crippen LogP contribution in [0, 0.1) is 0 Å². The van der Waals surface area contributed by atoms with E-state index in [4.69, 9.17) is 0 Å². The Morgan fingerprint density at radius 1 is 1.29 bits per heavy atom. The molecule has 0 saturated carbocycles. The summed E-state index contributed by atoms with van der Waals surface area (Å²) in [5.41, 5.74) is 0. The number of hydrogen-bond acceptors (Lipinski definition) is 4. The third kappa shape index (κ3) is 5.34. The number of nitrogens with one attached hydrogen (secondary N) is 1. The summed E-state index contributed by atoms with van der Waals surface area (Å²) in [6.07, 6.45) is 0.927. The molecule has 0 amide bonds. The first kappa shape index (κ1) is 14.9. The highest BCUT2D eigenvalue weighted by Gasteiger charge is 2.18. The van der Waals surface area contributed by atoms with Crippen LogP contribution in [0.4, 0.5) is 0 Å². The van der Waals surface area contributed by atoms with E-state index in [0.717, 1.165) is 52.2 Å². The molecule has 0 aromatic carbocycles. The van der Waals surface area contributed by atoms with E-state index < -0.39 is 0 Å². The van der Waals surface area contributed by atoms with Crippen molar-refractivity contribution in [3.05, 3.63) is 0 Å². The van der Waals surface area contributed by atoms with E-state index in [1.54, 1.807) is 0 Å². The molecule has 0 aromatic heterocycles. The number of piperazine rings is 1. The van der Waals surface area contributed by atoms with E-state index in [1.165, 1.54) is 0 Å². The molecule has 1 heterocycles. The molecule has 0 aliphatic carbocycles. The first-order valence-corrected chi connectivity index (χ1v) is 7.02. The predicted molar refractivity (Wildman–Crippen MR) is 72.3 cm³/mol. The van der Waals surface area contributed by atoms with E-state index in [-0.39, 0.29) is 6.10 Å². The lowest BCUT2D eigenvalue weighted by Gasteiger charge is -2.33. The Kier molecular flexibility index (Phi) is 7.04. The number of aliphatic hydroxyl groups excluding tert-OH is 1. The van der Waals surface area contributed by atoms with E-state index >= 15 is 0 Å². The second kappa shape index (κ2) is 8.03. The fourth-order valence-electron chi connectivity index (χ4n) is 2.40. The molecule has 1 saturated heterocycles. The normalized spacial score (nSPS) is 21.7. The van der Waals surface area contributed by atoms with Gasteiger partial charge in [0.2, 0.25) is 0 Å². The molecule has 17 heavy (non-hydrogen) atoms. The van der Waals surface area contributed by atoms with Gasteiger partial charge in [-0.2, -0.15) is 0 Å². The lowest BCUT2D eigenvalue weighted by molar-refractivity contribution is 0.0580. The maximum atomic E-state index is 10.1. The number of rotatable bonds is 7. The van der Waals surface area contributed by atoms with Gasteiger partial charge >= 0.3 is 0 Å². The average molecular weight is 243 g/mol. The van der Waals surface area contributed by atoms with Gasteiger partial charge in [-0.05, 0) is 19.9 Å². The van der Waals surface area contributed by atoms with Crippen molar-refractivity contribution in [1.82, 2.24) is 15.1 Å². The summed E-state index contributed by atoms with van der Waals surface area (Å²) in [6, 6.07) is 0.567. The maximum Gasteiger partial charge on any atom is 0.0793 e. The van der Waals surface area contributed by atoms with Gasteiger partial charge in [0, 0.05) is 45.3 Å². The summed E-state index contributed by atoms with van der Waals surface area (Å²) < 4.78 is 0. The Labute approximate surface area is 106 Å². The number of hydrogen-bond donors (Lipinski definition) is 2. The molecule has 2 unspecified atom stereocenters. The Morgan fingerprint density at radius 3 is 2.47 bits per heavy atom. The van der Waals surface area contributed by atoms with Crippen molar-refractivity contribution < 1.29 is 5.11 Å². The molecule has 1 rings (SSSR count). The van der Waals surface area contributed by atoms with Crippen LogP contribution in [0.25, 0.3) is 0 Å². The summed E-state index contributed by atoms with van der Waals surface area (Å²) in [7, 11) is 0. The first-order valence-electron chi connectivity index (χ1n) is 7.02. The topological polar surface area (TPSA) is 38.7 Å². The Morgan fingerprint density at radius 2 is 1.94 bits per heavy atom. The van der Waals surface area contributed by atoms with Crippen molar-refractivity contribution >= 4 is 0 Å². The van der Waals surface area contributed by atoms with Crippen LogP contribution in [-0.4, -0.2) is 72.9 Å². The Hall–Kier alpha value is -0.160.